The summed E-state index contributed by atoms with van der Waals surface area (Å²) in [4.78, 5) is 51.2. The minimum absolute atomic E-state index is 0.108. The van der Waals surface area contributed by atoms with Crippen LogP contribution in [0.1, 0.15) is 47.8 Å². The number of carbonyl (C=O) groups excluding carboxylic acids is 4. The number of imide groups is 1. The van der Waals surface area contributed by atoms with Crippen molar-refractivity contribution in [3.63, 3.8) is 0 Å². The summed E-state index contributed by atoms with van der Waals surface area (Å²) in [6.45, 7) is 2.08. The van der Waals surface area contributed by atoms with Crippen molar-refractivity contribution < 1.29 is 23.9 Å². The summed E-state index contributed by atoms with van der Waals surface area (Å²) in [5, 5.41) is 2.71. The molecule has 7 nitrogen and oxygen atoms in total. The molecule has 172 valence electrons. The summed E-state index contributed by atoms with van der Waals surface area (Å²) in [7, 11) is 0. The van der Waals surface area contributed by atoms with Crippen molar-refractivity contribution in [1.29, 1.82) is 0 Å². The fourth-order valence-electron chi connectivity index (χ4n) is 3.77. The molecule has 0 bridgehead atoms. The molecule has 0 saturated carbocycles. The van der Waals surface area contributed by atoms with E-state index in [0.717, 1.165) is 16.7 Å². The first-order valence-corrected chi connectivity index (χ1v) is 11.0. The Hall–Kier alpha value is -4.26. The third-order valence-electron chi connectivity index (χ3n) is 5.74. The van der Waals surface area contributed by atoms with Gasteiger partial charge in [0.05, 0.1) is 16.7 Å². The van der Waals surface area contributed by atoms with Crippen LogP contribution in [0.3, 0.4) is 0 Å². The van der Waals surface area contributed by atoms with E-state index in [4.69, 9.17) is 4.74 Å². The molecule has 0 saturated heterocycles. The van der Waals surface area contributed by atoms with Gasteiger partial charge in [0.25, 0.3) is 17.7 Å². The second-order valence-electron chi connectivity index (χ2n) is 8.04. The molecular formula is C27H24N2O5. The molecule has 0 radical (unpaired) electrons. The number of benzene rings is 3. The Kier molecular flexibility index (Phi) is 6.82. The van der Waals surface area contributed by atoms with Gasteiger partial charge in [0, 0.05) is 13.1 Å². The van der Waals surface area contributed by atoms with Gasteiger partial charge >= 0.3 is 5.97 Å². The molecular weight excluding hydrogens is 432 g/mol. The molecule has 1 N–H and O–H groups in total. The molecule has 1 aliphatic rings. The maximum absolute atomic E-state index is 12.8. The summed E-state index contributed by atoms with van der Waals surface area (Å²) in [5.74, 6) is -2.00. The van der Waals surface area contributed by atoms with Gasteiger partial charge in [-0.05, 0) is 48.2 Å². The molecule has 3 aromatic carbocycles. The van der Waals surface area contributed by atoms with E-state index in [2.05, 4.69) is 5.32 Å². The Morgan fingerprint density at radius 3 is 2.35 bits per heavy atom. The minimum Gasteiger partial charge on any atom is -0.452 e. The van der Waals surface area contributed by atoms with Crippen molar-refractivity contribution >= 4 is 23.7 Å². The van der Waals surface area contributed by atoms with Crippen molar-refractivity contribution in [3.05, 3.63) is 106 Å². The topological polar surface area (TPSA) is 92.8 Å². The highest BCUT2D eigenvalue weighted by atomic mass is 16.5. The highest BCUT2D eigenvalue weighted by Gasteiger charge is 2.35. The molecule has 0 atom stereocenters. The van der Waals surface area contributed by atoms with E-state index in [1.54, 1.807) is 0 Å². The zero-order valence-electron chi connectivity index (χ0n) is 18.7. The Bertz CT molecular complexity index is 1250. The number of aryl methyl sites for hydroxylation is 1. The molecule has 0 spiro atoms. The number of nitrogens with zero attached hydrogens (tertiary/aromatic N) is 1. The lowest BCUT2D eigenvalue weighted by Gasteiger charge is -2.13. The lowest BCUT2D eigenvalue weighted by molar-refractivity contribution is -0.124. The first kappa shape index (κ1) is 22.9. The predicted octanol–water partition coefficient (Wildman–Crippen LogP) is 3.31. The molecule has 3 aromatic rings. The molecule has 4 rings (SSSR count). The normalized spacial score (nSPS) is 12.4. The molecule has 0 fully saturated rings. The number of ether oxygens (including phenoxy) is 1. The molecule has 1 heterocycles. The summed E-state index contributed by atoms with van der Waals surface area (Å²) in [6, 6.07) is 21.5. The zero-order valence-corrected chi connectivity index (χ0v) is 18.7. The van der Waals surface area contributed by atoms with Crippen LogP contribution in [-0.4, -0.2) is 41.7 Å². The van der Waals surface area contributed by atoms with Crippen LogP contribution in [0.5, 0.6) is 0 Å². The number of esters is 1. The Balaban J connectivity index is 1.34. The Morgan fingerprint density at radius 2 is 1.59 bits per heavy atom. The van der Waals surface area contributed by atoms with E-state index in [1.807, 2.05) is 61.5 Å². The van der Waals surface area contributed by atoms with Gasteiger partial charge in [0.1, 0.15) is 0 Å². The van der Waals surface area contributed by atoms with Crippen molar-refractivity contribution in [3.8, 4) is 0 Å². The van der Waals surface area contributed by atoms with Gasteiger partial charge in [0.15, 0.2) is 6.61 Å². The predicted molar refractivity (Wildman–Crippen MR) is 125 cm³/mol. The Morgan fingerprint density at radius 1 is 0.882 bits per heavy atom. The van der Waals surface area contributed by atoms with E-state index in [-0.39, 0.29) is 29.1 Å². The van der Waals surface area contributed by atoms with Gasteiger partial charge in [-0.25, -0.2) is 4.79 Å². The number of fused-ring (bicyclic) bond motifs is 1. The third kappa shape index (κ3) is 5.04. The van der Waals surface area contributed by atoms with Gasteiger partial charge in [-0.15, -0.1) is 0 Å². The summed E-state index contributed by atoms with van der Waals surface area (Å²) in [6.07, 6.45) is 0.541. The molecule has 34 heavy (non-hydrogen) atoms. The molecule has 7 heteroatoms. The standard InChI is InChI=1S/C27H24N2O5/c1-18-7-5-6-10-21(18)16-28-24(30)17-34-27(33)20-11-12-22-23(15-20)26(32)29(25(22)31)14-13-19-8-3-2-4-9-19/h2-12,15H,13-14,16-17H2,1H3,(H,28,30). The smallest absolute Gasteiger partial charge is 0.338 e. The highest BCUT2D eigenvalue weighted by Crippen LogP contribution is 2.24. The zero-order chi connectivity index (χ0) is 24.1. The fourth-order valence-corrected chi connectivity index (χ4v) is 3.77. The van der Waals surface area contributed by atoms with Crippen LogP contribution < -0.4 is 5.32 Å². The van der Waals surface area contributed by atoms with E-state index >= 15 is 0 Å². The lowest BCUT2D eigenvalue weighted by Crippen LogP contribution is -2.31. The second-order valence-corrected chi connectivity index (χ2v) is 8.04. The van der Waals surface area contributed by atoms with Gasteiger partial charge < -0.3 is 10.1 Å². The minimum atomic E-state index is -0.739. The van der Waals surface area contributed by atoms with Gasteiger partial charge in [-0.2, -0.15) is 0 Å². The fraction of sp³-hybridized carbons (Fsp3) is 0.185. The molecule has 1 aliphatic heterocycles. The molecule has 3 amide bonds. The van der Waals surface area contributed by atoms with E-state index in [0.29, 0.717) is 13.0 Å². The maximum atomic E-state index is 12.8. The summed E-state index contributed by atoms with van der Waals surface area (Å²) in [5.41, 5.74) is 3.57. The van der Waals surface area contributed by atoms with Crippen LogP contribution in [-0.2, 0) is 22.5 Å². The largest absolute Gasteiger partial charge is 0.452 e. The number of nitrogens with one attached hydrogen (secondary N) is 1. The van der Waals surface area contributed by atoms with Crippen molar-refractivity contribution in [1.82, 2.24) is 10.2 Å². The lowest BCUT2D eigenvalue weighted by atomic mass is 10.1. The van der Waals surface area contributed by atoms with E-state index in [1.165, 1.54) is 23.1 Å². The van der Waals surface area contributed by atoms with Crippen LogP contribution in [0.4, 0.5) is 0 Å². The second kappa shape index (κ2) is 10.1. The van der Waals surface area contributed by atoms with Gasteiger partial charge in [-0.3, -0.25) is 19.3 Å². The average Bonchev–Trinajstić information content (AvgIpc) is 3.10. The van der Waals surface area contributed by atoms with Gasteiger partial charge in [-0.1, -0.05) is 54.6 Å². The number of carbonyl (C=O) groups is 4. The monoisotopic (exact) mass is 456 g/mol. The number of amides is 3. The third-order valence-corrected chi connectivity index (χ3v) is 5.74. The SMILES string of the molecule is Cc1ccccc1CNC(=O)COC(=O)c1ccc2c(c1)C(=O)N(CCc1ccccc1)C2=O. The van der Waals surface area contributed by atoms with Crippen LogP contribution in [0.25, 0.3) is 0 Å². The molecule has 0 unspecified atom stereocenters. The van der Waals surface area contributed by atoms with Crippen LogP contribution >= 0.6 is 0 Å². The van der Waals surface area contributed by atoms with Crippen molar-refractivity contribution in [2.75, 3.05) is 13.2 Å². The summed E-state index contributed by atoms with van der Waals surface area (Å²) < 4.78 is 5.10. The Labute approximate surface area is 197 Å². The van der Waals surface area contributed by atoms with Crippen LogP contribution in [0.2, 0.25) is 0 Å². The van der Waals surface area contributed by atoms with Crippen molar-refractivity contribution in [2.45, 2.75) is 19.9 Å². The first-order valence-electron chi connectivity index (χ1n) is 11.0. The van der Waals surface area contributed by atoms with E-state index < -0.39 is 24.4 Å². The van der Waals surface area contributed by atoms with Gasteiger partial charge in [0.2, 0.25) is 0 Å². The number of hydrogen-bond donors (Lipinski definition) is 1. The highest BCUT2D eigenvalue weighted by molar-refractivity contribution is 6.22. The van der Waals surface area contributed by atoms with Crippen LogP contribution in [0, 0.1) is 6.92 Å². The summed E-state index contributed by atoms with van der Waals surface area (Å²) >= 11 is 0. The number of rotatable bonds is 8. The molecule has 0 aliphatic carbocycles. The van der Waals surface area contributed by atoms with Crippen molar-refractivity contribution in [2.24, 2.45) is 0 Å². The molecule has 0 aromatic heterocycles. The average molecular weight is 456 g/mol. The maximum Gasteiger partial charge on any atom is 0.338 e. The quantitative estimate of drug-likeness (QED) is 0.415. The van der Waals surface area contributed by atoms with Crippen LogP contribution in [0.15, 0.2) is 72.8 Å². The van der Waals surface area contributed by atoms with E-state index in [9.17, 15) is 19.2 Å². The first-order chi connectivity index (χ1) is 16.4. The number of hydrogen-bond acceptors (Lipinski definition) is 5.